The van der Waals surface area contributed by atoms with Gasteiger partial charge >= 0.3 is 5.97 Å². The van der Waals surface area contributed by atoms with Gasteiger partial charge in [0.05, 0.1) is 12.2 Å². The molecule has 2 nitrogen and oxygen atoms in total. The standard InChI is InChI=1S/C25H29BrO2/c1-6-28-23(27)18-10-7-17(8-11-18)9-12-19-15-20-21(16-22(19)26)25(4,5)14-13-24(20,2)3/h7-12,15-16H,6,13-14H2,1-5H3. The number of hydrogen-bond acceptors (Lipinski definition) is 2. The summed E-state index contributed by atoms with van der Waals surface area (Å²) in [7, 11) is 0. The van der Waals surface area contributed by atoms with Crippen molar-refractivity contribution in [3.8, 4) is 0 Å². The number of rotatable bonds is 4. The Morgan fingerprint density at radius 3 is 2.14 bits per heavy atom. The van der Waals surface area contributed by atoms with Gasteiger partial charge in [-0.1, -0.05) is 67.9 Å². The monoisotopic (exact) mass is 440 g/mol. The molecule has 1 aliphatic carbocycles. The Kier molecular flexibility index (Phi) is 5.86. The molecule has 0 aromatic heterocycles. The van der Waals surface area contributed by atoms with E-state index in [2.05, 4.69) is 67.9 Å². The highest BCUT2D eigenvalue weighted by Gasteiger charge is 2.37. The van der Waals surface area contributed by atoms with E-state index in [1.165, 1.54) is 29.5 Å². The van der Waals surface area contributed by atoms with Gasteiger partial charge in [-0.05, 0) is 77.1 Å². The number of fused-ring (bicyclic) bond motifs is 1. The Morgan fingerprint density at radius 2 is 1.57 bits per heavy atom. The number of esters is 1. The molecule has 0 aliphatic heterocycles. The van der Waals surface area contributed by atoms with Gasteiger partial charge in [-0.2, -0.15) is 0 Å². The van der Waals surface area contributed by atoms with Crippen molar-refractivity contribution in [3.63, 3.8) is 0 Å². The van der Waals surface area contributed by atoms with E-state index in [0.29, 0.717) is 12.2 Å². The normalized spacial score (nSPS) is 17.4. The summed E-state index contributed by atoms with van der Waals surface area (Å²) in [5.74, 6) is -0.277. The molecule has 0 saturated heterocycles. The highest BCUT2D eigenvalue weighted by Crippen LogP contribution is 2.47. The Labute approximate surface area is 177 Å². The molecule has 0 spiro atoms. The topological polar surface area (TPSA) is 26.3 Å². The van der Waals surface area contributed by atoms with Crippen LogP contribution >= 0.6 is 15.9 Å². The van der Waals surface area contributed by atoms with Crippen LogP contribution in [0.5, 0.6) is 0 Å². The van der Waals surface area contributed by atoms with E-state index < -0.39 is 0 Å². The average molecular weight is 441 g/mol. The van der Waals surface area contributed by atoms with E-state index in [1.54, 1.807) is 0 Å². The van der Waals surface area contributed by atoms with Crippen molar-refractivity contribution in [3.05, 3.63) is 68.7 Å². The van der Waals surface area contributed by atoms with Gasteiger partial charge in [0, 0.05) is 4.47 Å². The first kappa shape index (κ1) is 20.9. The highest BCUT2D eigenvalue weighted by atomic mass is 79.9. The highest BCUT2D eigenvalue weighted by molar-refractivity contribution is 9.10. The first-order valence-electron chi connectivity index (χ1n) is 9.94. The maximum absolute atomic E-state index is 11.8. The van der Waals surface area contributed by atoms with Crippen molar-refractivity contribution in [2.75, 3.05) is 6.61 Å². The minimum absolute atomic E-state index is 0.190. The summed E-state index contributed by atoms with van der Waals surface area (Å²) < 4.78 is 6.16. The van der Waals surface area contributed by atoms with Gasteiger partial charge in [0.15, 0.2) is 0 Å². The second-order valence-corrected chi connectivity index (χ2v) is 9.72. The zero-order valence-corrected chi connectivity index (χ0v) is 19.0. The van der Waals surface area contributed by atoms with Crippen molar-refractivity contribution in [2.45, 2.75) is 58.3 Å². The van der Waals surface area contributed by atoms with Crippen molar-refractivity contribution in [1.29, 1.82) is 0 Å². The maximum Gasteiger partial charge on any atom is 0.338 e. The lowest BCUT2D eigenvalue weighted by atomic mass is 9.63. The van der Waals surface area contributed by atoms with Gasteiger partial charge in [0.2, 0.25) is 0 Å². The van der Waals surface area contributed by atoms with E-state index in [0.717, 1.165) is 10.0 Å². The molecule has 0 atom stereocenters. The van der Waals surface area contributed by atoms with Crippen LogP contribution in [0.1, 0.15) is 80.1 Å². The molecule has 28 heavy (non-hydrogen) atoms. The Bertz CT molecular complexity index is 905. The van der Waals surface area contributed by atoms with Gasteiger partial charge in [0.1, 0.15) is 0 Å². The minimum Gasteiger partial charge on any atom is -0.462 e. The summed E-state index contributed by atoms with van der Waals surface area (Å²) in [6.07, 6.45) is 6.64. The lowest BCUT2D eigenvalue weighted by molar-refractivity contribution is 0.0526. The van der Waals surface area contributed by atoms with Gasteiger partial charge < -0.3 is 4.74 Å². The number of hydrogen-bond donors (Lipinski definition) is 0. The summed E-state index contributed by atoms with van der Waals surface area (Å²) in [6, 6.07) is 12.2. The third kappa shape index (κ3) is 4.25. The Morgan fingerprint density at radius 1 is 1.00 bits per heavy atom. The van der Waals surface area contributed by atoms with Crippen LogP contribution in [0.2, 0.25) is 0 Å². The smallest absolute Gasteiger partial charge is 0.338 e. The third-order valence-electron chi connectivity index (χ3n) is 5.85. The molecule has 1 aliphatic rings. The molecule has 0 unspecified atom stereocenters. The molecular weight excluding hydrogens is 412 g/mol. The zero-order chi connectivity index (χ0) is 20.5. The average Bonchev–Trinajstić information content (AvgIpc) is 2.65. The maximum atomic E-state index is 11.8. The third-order valence-corrected chi connectivity index (χ3v) is 6.53. The van der Waals surface area contributed by atoms with Gasteiger partial charge in [-0.25, -0.2) is 4.79 Å². The summed E-state index contributed by atoms with van der Waals surface area (Å²) >= 11 is 3.77. The van der Waals surface area contributed by atoms with Gasteiger partial charge in [-0.3, -0.25) is 0 Å². The summed E-state index contributed by atoms with van der Waals surface area (Å²) in [6.45, 7) is 11.6. The largest absolute Gasteiger partial charge is 0.462 e. The van der Waals surface area contributed by atoms with E-state index in [9.17, 15) is 4.79 Å². The number of halogens is 1. The van der Waals surface area contributed by atoms with Crippen LogP contribution in [0.4, 0.5) is 0 Å². The minimum atomic E-state index is -0.277. The van der Waals surface area contributed by atoms with Crippen LogP contribution in [-0.2, 0) is 15.6 Å². The SMILES string of the molecule is CCOC(=O)c1ccc(C=Cc2cc3c(cc2Br)C(C)(C)CCC3(C)C)cc1. The molecule has 2 aromatic rings. The molecule has 0 amide bonds. The lowest BCUT2D eigenvalue weighted by Crippen LogP contribution is -2.33. The molecule has 0 radical (unpaired) electrons. The molecule has 0 heterocycles. The number of carbonyl (C=O) groups excluding carboxylic acids is 1. The summed E-state index contributed by atoms with van der Waals surface area (Å²) in [5, 5.41) is 0. The van der Waals surface area contributed by atoms with Crippen molar-refractivity contribution in [1.82, 2.24) is 0 Å². The lowest BCUT2D eigenvalue weighted by Gasteiger charge is -2.42. The van der Waals surface area contributed by atoms with Crippen LogP contribution < -0.4 is 0 Å². The predicted octanol–water partition coefficient (Wildman–Crippen LogP) is 7.15. The molecule has 0 fully saturated rings. The summed E-state index contributed by atoms with van der Waals surface area (Å²) in [4.78, 5) is 11.8. The molecule has 0 saturated carbocycles. The zero-order valence-electron chi connectivity index (χ0n) is 17.4. The van der Waals surface area contributed by atoms with Gasteiger partial charge in [0.25, 0.3) is 0 Å². The second-order valence-electron chi connectivity index (χ2n) is 8.86. The second kappa shape index (κ2) is 7.87. The number of ether oxygens (including phenoxy) is 1. The number of benzene rings is 2. The fourth-order valence-electron chi connectivity index (χ4n) is 3.86. The van der Waals surface area contributed by atoms with Crippen LogP contribution in [0.15, 0.2) is 40.9 Å². The van der Waals surface area contributed by atoms with Crippen LogP contribution in [0.3, 0.4) is 0 Å². The van der Waals surface area contributed by atoms with Crippen molar-refractivity contribution in [2.24, 2.45) is 0 Å². The van der Waals surface area contributed by atoms with E-state index >= 15 is 0 Å². The first-order chi connectivity index (χ1) is 13.1. The van der Waals surface area contributed by atoms with Crippen molar-refractivity contribution < 1.29 is 9.53 Å². The van der Waals surface area contributed by atoms with E-state index in [-0.39, 0.29) is 16.8 Å². The van der Waals surface area contributed by atoms with Gasteiger partial charge in [-0.15, -0.1) is 0 Å². The predicted molar refractivity (Wildman–Crippen MR) is 121 cm³/mol. The fraction of sp³-hybridized carbons (Fsp3) is 0.400. The fourth-order valence-corrected chi connectivity index (χ4v) is 4.34. The van der Waals surface area contributed by atoms with Crippen molar-refractivity contribution >= 4 is 34.1 Å². The molecule has 3 rings (SSSR count). The summed E-state index contributed by atoms with van der Waals surface area (Å²) in [5.41, 5.74) is 6.11. The molecule has 0 N–H and O–H groups in total. The first-order valence-corrected chi connectivity index (χ1v) is 10.7. The molecule has 2 aromatic carbocycles. The Hall–Kier alpha value is -1.87. The van der Waals surface area contributed by atoms with E-state index in [4.69, 9.17) is 4.74 Å². The van der Waals surface area contributed by atoms with Crippen LogP contribution in [0.25, 0.3) is 12.2 Å². The molecule has 3 heteroatoms. The molecular formula is C25H29BrO2. The molecule has 148 valence electrons. The number of carbonyl (C=O) groups is 1. The van der Waals surface area contributed by atoms with E-state index in [1.807, 2.05) is 31.2 Å². The quantitative estimate of drug-likeness (QED) is 0.372. The Balaban J connectivity index is 1.90. The molecule has 0 bridgehead atoms. The van der Waals surface area contributed by atoms with Crippen LogP contribution in [-0.4, -0.2) is 12.6 Å². The van der Waals surface area contributed by atoms with Crippen LogP contribution in [0, 0.1) is 0 Å².